The van der Waals surface area contributed by atoms with Crippen LogP contribution in [0.1, 0.15) is 24.4 Å². The van der Waals surface area contributed by atoms with Crippen LogP contribution in [0.3, 0.4) is 0 Å². The van der Waals surface area contributed by atoms with Gasteiger partial charge in [0.05, 0.1) is 7.11 Å². The van der Waals surface area contributed by atoms with Crippen molar-refractivity contribution in [3.05, 3.63) is 35.9 Å². The first-order chi connectivity index (χ1) is 9.31. The Balaban J connectivity index is 1.96. The van der Waals surface area contributed by atoms with E-state index in [2.05, 4.69) is 10.6 Å². The fourth-order valence-electron chi connectivity index (χ4n) is 2.47. The first kappa shape index (κ1) is 14.0. The molecule has 0 radical (unpaired) electrons. The lowest BCUT2D eigenvalue weighted by Crippen LogP contribution is -2.37. The summed E-state index contributed by atoms with van der Waals surface area (Å²) in [4.78, 5) is 11.9. The van der Waals surface area contributed by atoms with Crippen molar-refractivity contribution in [2.45, 2.75) is 18.9 Å². The standard InChI is InChI=1S/C15H22N2O2/c1-19-15(18)14(13-5-3-2-4-6-13)17-11-12-7-9-16-10-8-12/h2-6,12,14,16-17H,7-11H2,1H3. The number of ether oxygens (including phenoxy) is 1. The van der Waals surface area contributed by atoms with Crippen LogP contribution < -0.4 is 10.6 Å². The molecule has 1 atom stereocenters. The van der Waals surface area contributed by atoms with Gasteiger partial charge in [-0.1, -0.05) is 30.3 Å². The van der Waals surface area contributed by atoms with Gasteiger partial charge in [0.1, 0.15) is 6.04 Å². The molecule has 0 bridgehead atoms. The number of piperidine rings is 1. The van der Waals surface area contributed by atoms with Crippen LogP contribution in [0, 0.1) is 5.92 Å². The summed E-state index contributed by atoms with van der Waals surface area (Å²) in [6.07, 6.45) is 2.32. The SMILES string of the molecule is COC(=O)C(NCC1CCNCC1)c1ccccc1. The fourth-order valence-corrected chi connectivity index (χ4v) is 2.47. The van der Waals surface area contributed by atoms with Crippen LogP contribution in [-0.2, 0) is 9.53 Å². The van der Waals surface area contributed by atoms with Crippen LogP contribution in [0.2, 0.25) is 0 Å². The molecule has 2 rings (SSSR count). The Bertz CT molecular complexity index is 388. The van der Waals surface area contributed by atoms with E-state index >= 15 is 0 Å². The van der Waals surface area contributed by atoms with Gasteiger partial charge in [-0.3, -0.25) is 0 Å². The lowest BCUT2D eigenvalue weighted by molar-refractivity contribution is -0.143. The van der Waals surface area contributed by atoms with Crippen molar-refractivity contribution in [3.8, 4) is 0 Å². The third-order valence-electron chi connectivity index (χ3n) is 3.64. The van der Waals surface area contributed by atoms with E-state index in [9.17, 15) is 4.79 Å². The number of esters is 1. The van der Waals surface area contributed by atoms with Crippen LogP contribution in [0.25, 0.3) is 0 Å². The van der Waals surface area contributed by atoms with Crippen molar-refractivity contribution < 1.29 is 9.53 Å². The minimum Gasteiger partial charge on any atom is -0.468 e. The lowest BCUT2D eigenvalue weighted by Gasteiger charge is -2.25. The molecule has 1 aromatic rings. The Morgan fingerprint density at radius 1 is 1.37 bits per heavy atom. The molecule has 2 N–H and O–H groups in total. The van der Waals surface area contributed by atoms with Crippen LogP contribution in [0.4, 0.5) is 0 Å². The largest absolute Gasteiger partial charge is 0.468 e. The molecule has 0 aromatic heterocycles. The van der Waals surface area contributed by atoms with E-state index in [0.29, 0.717) is 5.92 Å². The molecule has 1 heterocycles. The maximum atomic E-state index is 11.9. The molecular weight excluding hydrogens is 240 g/mol. The summed E-state index contributed by atoms with van der Waals surface area (Å²) in [5.74, 6) is 0.414. The van der Waals surface area contributed by atoms with Crippen molar-refractivity contribution in [1.29, 1.82) is 0 Å². The average Bonchev–Trinajstić information content (AvgIpc) is 2.49. The number of rotatable bonds is 5. The number of hydrogen-bond acceptors (Lipinski definition) is 4. The maximum Gasteiger partial charge on any atom is 0.327 e. The molecule has 1 aliphatic rings. The molecule has 1 aromatic carbocycles. The van der Waals surface area contributed by atoms with E-state index in [0.717, 1.165) is 38.0 Å². The molecule has 1 saturated heterocycles. The van der Waals surface area contributed by atoms with Gasteiger partial charge in [0, 0.05) is 0 Å². The maximum absolute atomic E-state index is 11.9. The van der Waals surface area contributed by atoms with Gasteiger partial charge in [0.25, 0.3) is 0 Å². The monoisotopic (exact) mass is 262 g/mol. The van der Waals surface area contributed by atoms with Crippen LogP contribution in [0.5, 0.6) is 0 Å². The number of benzene rings is 1. The van der Waals surface area contributed by atoms with E-state index in [1.165, 1.54) is 7.11 Å². The summed E-state index contributed by atoms with van der Waals surface area (Å²) in [7, 11) is 1.44. The topological polar surface area (TPSA) is 50.4 Å². The molecule has 19 heavy (non-hydrogen) atoms. The quantitative estimate of drug-likeness (QED) is 0.789. The van der Waals surface area contributed by atoms with Crippen molar-refractivity contribution >= 4 is 5.97 Å². The zero-order valence-electron chi connectivity index (χ0n) is 11.4. The van der Waals surface area contributed by atoms with Crippen molar-refractivity contribution in [2.75, 3.05) is 26.7 Å². The van der Waals surface area contributed by atoms with E-state index in [1.54, 1.807) is 0 Å². The number of carbonyl (C=O) groups excluding carboxylic acids is 1. The minimum atomic E-state index is -0.360. The van der Waals surface area contributed by atoms with Crippen LogP contribution >= 0.6 is 0 Å². The molecule has 1 fully saturated rings. The Kier molecular flexibility index (Phi) is 5.36. The third kappa shape index (κ3) is 4.04. The summed E-state index contributed by atoms with van der Waals surface area (Å²) in [5, 5.41) is 6.70. The number of nitrogens with one attached hydrogen (secondary N) is 2. The van der Waals surface area contributed by atoms with Gasteiger partial charge in [-0.15, -0.1) is 0 Å². The highest BCUT2D eigenvalue weighted by molar-refractivity contribution is 5.77. The second kappa shape index (κ2) is 7.26. The molecule has 4 heteroatoms. The molecule has 0 aliphatic carbocycles. The van der Waals surface area contributed by atoms with Gasteiger partial charge in [-0.2, -0.15) is 0 Å². The smallest absolute Gasteiger partial charge is 0.327 e. The number of methoxy groups -OCH3 is 1. The normalized spacial score (nSPS) is 17.9. The van der Waals surface area contributed by atoms with E-state index in [-0.39, 0.29) is 12.0 Å². The lowest BCUT2D eigenvalue weighted by atomic mass is 9.97. The van der Waals surface area contributed by atoms with Gasteiger partial charge >= 0.3 is 5.97 Å². The first-order valence-electron chi connectivity index (χ1n) is 6.88. The molecule has 0 saturated carbocycles. The van der Waals surface area contributed by atoms with Gasteiger partial charge in [0.2, 0.25) is 0 Å². The second-order valence-corrected chi connectivity index (χ2v) is 4.97. The fraction of sp³-hybridized carbons (Fsp3) is 0.533. The van der Waals surface area contributed by atoms with E-state index in [4.69, 9.17) is 4.74 Å². The number of carbonyl (C=O) groups is 1. The molecule has 1 aliphatic heterocycles. The Morgan fingerprint density at radius 2 is 2.05 bits per heavy atom. The molecule has 0 spiro atoms. The highest BCUT2D eigenvalue weighted by atomic mass is 16.5. The average molecular weight is 262 g/mol. The first-order valence-corrected chi connectivity index (χ1v) is 6.88. The van der Waals surface area contributed by atoms with Gasteiger partial charge in [-0.25, -0.2) is 4.79 Å². The summed E-state index contributed by atoms with van der Waals surface area (Å²) in [6.45, 7) is 3.00. The Morgan fingerprint density at radius 3 is 2.68 bits per heavy atom. The summed E-state index contributed by atoms with van der Waals surface area (Å²) < 4.78 is 4.89. The second-order valence-electron chi connectivity index (χ2n) is 4.97. The van der Waals surface area contributed by atoms with E-state index in [1.807, 2.05) is 30.3 Å². The van der Waals surface area contributed by atoms with Gasteiger partial charge in [-0.05, 0) is 44.0 Å². The third-order valence-corrected chi connectivity index (χ3v) is 3.64. The molecule has 1 unspecified atom stereocenters. The zero-order valence-corrected chi connectivity index (χ0v) is 11.4. The van der Waals surface area contributed by atoms with Gasteiger partial charge in [0.15, 0.2) is 0 Å². The minimum absolute atomic E-state index is 0.222. The van der Waals surface area contributed by atoms with Gasteiger partial charge < -0.3 is 15.4 Å². The summed E-state index contributed by atoms with van der Waals surface area (Å²) >= 11 is 0. The van der Waals surface area contributed by atoms with Crippen LogP contribution in [-0.4, -0.2) is 32.7 Å². The zero-order chi connectivity index (χ0) is 13.5. The van der Waals surface area contributed by atoms with Crippen molar-refractivity contribution in [3.63, 3.8) is 0 Å². The summed E-state index contributed by atoms with van der Waals surface area (Å²) in [5.41, 5.74) is 0.961. The molecule has 104 valence electrons. The van der Waals surface area contributed by atoms with Crippen molar-refractivity contribution in [2.24, 2.45) is 5.92 Å². The Labute approximate surface area is 114 Å². The van der Waals surface area contributed by atoms with Crippen molar-refractivity contribution in [1.82, 2.24) is 10.6 Å². The summed E-state index contributed by atoms with van der Waals surface area (Å²) in [6, 6.07) is 9.38. The molecular formula is C15H22N2O2. The predicted octanol–water partition coefficient (Wildman–Crippen LogP) is 1.49. The number of hydrogen-bond donors (Lipinski definition) is 2. The highest BCUT2D eigenvalue weighted by Gasteiger charge is 2.22. The molecule has 0 amide bonds. The van der Waals surface area contributed by atoms with Crippen LogP contribution in [0.15, 0.2) is 30.3 Å². The Hall–Kier alpha value is -1.39. The molecule has 4 nitrogen and oxygen atoms in total. The van der Waals surface area contributed by atoms with E-state index < -0.39 is 0 Å². The highest BCUT2D eigenvalue weighted by Crippen LogP contribution is 2.17. The predicted molar refractivity (Wildman–Crippen MR) is 74.8 cm³/mol.